The second-order valence-corrected chi connectivity index (χ2v) is 8.26. The molecule has 2 atom stereocenters. The summed E-state index contributed by atoms with van der Waals surface area (Å²) in [6.45, 7) is 2.54. The zero-order chi connectivity index (χ0) is 21.0. The Labute approximate surface area is 172 Å². The smallest absolute Gasteiger partial charge is 0.257 e. The molecule has 0 saturated carbocycles. The molecule has 0 aliphatic carbocycles. The number of nitrogens with zero attached hydrogens (tertiary/aromatic N) is 2. The quantitative estimate of drug-likeness (QED) is 0.751. The van der Waals surface area contributed by atoms with Crippen LogP contribution in [0.4, 0.5) is 8.78 Å². The number of hydrogen-bond donors (Lipinski definition) is 0. The first-order valence-corrected chi connectivity index (χ1v) is 10.2. The number of ether oxygens (including phenoxy) is 1. The van der Waals surface area contributed by atoms with E-state index in [9.17, 15) is 18.4 Å². The van der Waals surface area contributed by atoms with E-state index < -0.39 is 29.5 Å². The van der Waals surface area contributed by atoms with Gasteiger partial charge >= 0.3 is 0 Å². The fourth-order valence-electron chi connectivity index (χ4n) is 4.99. The van der Waals surface area contributed by atoms with E-state index in [0.29, 0.717) is 55.7 Å². The van der Waals surface area contributed by atoms with Gasteiger partial charge in [-0.1, -0.05) is 0 Å². The highest BCUT2D eigenvalue weighted by Gasteiger charge is 2.58. The number of halogens is 2. The topological polar surface area (TPSA) is 63.0 Å². The first-order chi connectivity index (χ1) is 14.4. The molecule has 5 rings (SSSR count). The number of piperidine rings is 1. The van der Waals surface area contributed by atoms with Gasteiger partial charge in [0.05, 0.1) is 17.9 Å². The molecule has 0 radical (unpaired) electrons. The maximum atomic E-state index is 13.7. The first-order valence-electron chi connectivity index (χ1n) is 10.2. The van der Waals surface area contributed by atoms with E-state index in [-0.39, 0.29) is 11.8 Å². The maximum absolute atomic E-state index is 13.7. The molecule has 1 aromatic carbocycles. The molecule has 2 unspecified atom stereocenters. The van der Waals surface area contributed by atoms with Crippen molar-refractivity contribution in [2.45, 2.75) is 50.5 Å². The van der Waals surface area contributed by atoms with Gasteiger partial charge in [-0.2, -0.15) is 0 Å². The summed E-state index contributed by atoms with van der Waals surface area (Å²) in [7, 11) is 0. The summed E-state index contributed by atoms with van der Waals surface area (Å²) in [5.41, 5.74) is 0.00252. The number of aryl methyl sites for hydroxylation is 1. The van der Waals surface area contributed by atoms with Gasteiger partial charge in [-0.15, -0.1) is 0 Å². The van der Waals surface area contributed by atoms with E-state index in [1.165, 1.54) is 18.4 Å². The summed E-state index contributed by atoms with van der Waals surface area (Å²) in [5.74, 6) is -1.00. The molecule has 6 nitrogen and oxygen atoms in total. The van der Waals surface area contributed by atoms with Crippen LogP contribution >= 0.6 is 0 Å². The van der Waals surface area contributed by atoms with Gasteiger partial charge in [0.15, 0.2) is 5.60 Å². The highest BCUT2D eigenvalue weighted by molar-refractivity contribution is 5.95. The van der Waals surface area contributed by atoms with E-state index in [1.54, 1.807) is 22.8 Å². The minimum Gasteiger partial charge on any atom is -0.469 e. The third-order valence-corrected chi connectivity index (χ3v) is 6.54. The molecule has 8 heteroatoms. The summed E-state index contributed by atoms with van der Waals surface area (Å²) < 4.78 is 38.9. The number of hydrogen-bond acceptors (Lipinski definition) is 4. The normalized spacial score (nSPS) is 25.2. The molecule has 4 heterocycles. The van der Waals surface area contributed by atoms with Crippen LogP contribution in [0.1, 0.15) is 53.4 Å². The van der Waals surface area contributed by atoms with Gasteiger partial charge in [-0.25, -0.2) is 8.78 Å². The molecule has 3 aliphatic rings. The molecular formula is C22H22F2N2O4. The first kappa shape index (κ1) is 19.2. The number of fused-ring (bicyclic) bond motifs is 1. The van der Waals surface area contributed by atoms with Crippen molar-refractivity contribution >= 4 is 11.8 Å². The molecule has 1 aromatic heterocycles. The number of furan rings is 1. The van der Waals surface area contributed by atoms with E-state index in [0.717, 1.165) is 6.07 Å². The summed E-state index contributed by atoms with van der Waals surface area (Å²) in [4.78, 5) is 29.4. The fourth-order valence-corrected chi connectivity index (χ4v) is 4.99. The van der Waals surface area contributed by atoms with Crippen molar-refractivity contribution in [3.63, 3.8) is 0 Å². The lowest BCUT2D eigenvalue weighted by molar-refractivity contribution is -0.142. The Kier molecular flexibility index (Phi) is 4.43. The van der Waals surface area contributed by atoms with Crippen LogP contribution < -0.4 is 0 Å². The molecule has 2 amide bonds. The van der Waals surface area contributed by atoms with Gasteiger partial charge in [0.2, 0.25) is 0 Å². The van der Waals surface area contributed by atoms with Crippen molar-refractivity contribution in [1.29, 1.82) is 0 Å². The molecule has 158 valence electrons. The highest BCUT2D eigenvalue weighted by atomic mass is 19.1. The molecule has 1 spiro atoms. The number of carbonyl (C=O) groups excluding carboxylic acids is 2. The minimum atomic E-state index is -0.975. The Morgan fingerprint density at radius 2 is 1.83 bits per heavy atom. The molecule has 2 aromatic rings. The lowest BCUT2D eigenvalue weighted by Gasteiger charge is -2.37. The molecular weight excluding hydrogens is 394 g/mol. The Morgan fingerprint density at radius 1 is 1.13 bits per heavy atom. The molecule has 3 saturated heterocycles. The third-order valence-electron chi connectivity index (χ3n) is 6.54. The molecule has 0 bridgehead atoms. The Hall–Kier alpha value is -2.74. The second-order valence-electron chi connectivity index (χ2n) is 8.26. The summed E-state index contributed by atoms with van der Waals surface area (Å²) in [5, 5.41) is 0. The molecule has 0 N–H and O–H groups in total. The van der Waals surface area contributed by atoms with Crippen LogP contribution in [-0.2, 0) is 9.53 Å². The molecule has 3 aliphatic heterocycles. The molecule has 30 heavy (non-hydrogen) atoms. The number of benzene rings is 1. The number of amides is 2. The standard InChI is InChI=1S/C22H22F2N2O4/c1-13-17(4-9-29-13)20(27)25-7-5-22(6-8-25)21(28)26-18(2-3-19(26)30-22)14-10-15(23)12-16(24)11-14/h4,9-12,18-19H,2-3,5-8H2,1H3. The monoisotopic (exact) mass is 416 g/mol. The Balaban J connectivity index is 1.33. The van der Waals surface area contributed by atoms with Crippen LogP contribution in [0.15, 0.2) is 34.9 Å². The van der Waals surface area contributed by atoms with Gasteiger partial charge < -0.3 is 19.0 Å². The maximum Gasteiger partial charge on any atom is 0.257 e. The lowest BCUT2D eigenvalue weighted by atomic mass is 9.89. The van der Waals surface area contributed by atoms with Crippen LogP contribution in [0.2, 0.25) is 0 Å². The zero-order valence-corrected chi connectivity index (χ0v) is 16.6. The summed E-state index contributed by atoms with van der Waals surface area (Å²) in [6, 6.07) is 4.64. The number of likely N-dealkylation sites (tertiary alicyclic amines) is 1. The Morgan fingerprint density at radius 3 is 2.47 bits per heavy atom. The summed E-state index contributed by atoms with van der Waals surface area (Å²) in [6.07, 6.45) is 3.10. The second kappa shape index (κ2) is 6.91. The Bertz CT molecular complexity index is 992. The van der Waals surface area contributed by atoms with Gasteiger partial charge in [0.1, 0.15) is 23.6 Å². The number of rotatable bonds is 2. The van der Waals surface area contributed by atoms with Crippen molar-refractivity contribution in [2.24, 2.45) is 0 Å². The van der Waals surface area contributed by atoms with Crippen LogP contribution in [0, 0.1) is 18.6 Å². The predicted octanol–water partition coefficient (Wildman–Crippen LogP) is 3.56. The largest absolute Gasteiger partial charge is 0.469 e. The van der Waals surface area contributed by atoms with Gasteiger partial charge in [0.25, 0.3) is 11.8 Å². The zero-order valence-electron chi connectivity index (χ0n) is 16.6. The average Bonchev–Trinajstić information content (AvgIpc) is 3.38. The van der Waals surface area contributed by atoms with E-state index in [1.807, 2.05) is 0 Å². The van der Waals surface area contributed by atoms with Crippen LogP contribution in [0.3, 0.4) is 0 Å². The minimum absolute atomic E-state index is 0.116. The van der Waals surface area contributed by atoms with Crippen LogP contribution in [-0.4, -0.2) is 46.5 Å². The molecule has 3 fully saturated rings. The van der Waals surface area contributed by atoms with Crippen molar-refractivity contribution < 1.29 is 27.5 Å². The van der Waals surface area contributed by atoms with Crippen molar-refractivity contribution in [3.05, 3.63) is 59.1 Å². The van der Waals surface area contributed by atoms with Gasteiger partial charge in [-0.05, 0) is 43.5 Å². The highest BCUT2D eigenvalue weighted by Crippen LogP contribution is 2.47. The van der Waals surface area contributed by atoms with Crippen molar-refractivity contribution in [1.82, 2.24) is 9.80 Å². The summed E-state index contributed by atoms with van der Waals surface area (Å²) >= 11 is 0. The van der Waals surface area contributed by atoms with Crippen LogP contribution in [0.25, 0.3) is 0 Å². The SMILES string of the molecule is Cc1occc1C(=O)N1CCC2(CC1)OC1CCC(c3cc(F)cc(F)c3)N1C2=O. The van der Waals surface area contributed by atoms with E-state index in [4.69, 9.17) is 9.15 Å². The van der Waals surface area contributed by atoms with Crippen molar-refractivity contribution in [2.75, 3.05) is 13.1 Å². The lowest BCUT2D eigenvalue weighted by Crippen LogP contribution is -2.51. The van der Waals surface area contributed by atoms with Gasteiger partial charge in [-0.3, -0.25) is 9.59 Å². The fraction of sp³-hybridized carbons (Fsp3) is 0.455. The van der Waals surface area contributed by atoms with Crippen LogP contribution in [0.5, 0.6) is 0 Å². The third kappa shape index (κ3) is 2.93. The van der Waals surface area contributed by atoms with E-state index in [2.05, 4.69) is 0 Å². The number of carbonyl (C=O) groups is 2. The van der Waals surface area contributed by atoms with Crippen molar-refractivity contribution in [3.8, 4) is 0 Å². The predicted molar refractivity (Wildman–Crippen MR) is 101 cm³/mol. The van der Waals surface area contributed by atoms with Gasteiger partial charge in [0, 0.05) is 32.0 Å². The average molecular weight is 416 g/mol. The van der Waals surface area contributed by atoms with E-state index >= 15 is 0 Å².